The second kappa shape index (κ2) is 11.7. The van der Waals surface area contributed by atoms with Gasteiger partial charge in [-0.15, -0.1) is 0 Å². The van der Waals surface area contributed by atoms with Crippen LogP contribution < -0.4 is 0 Å². The van der Waals surface area contributed by atoms with Gasteiger partial charge in [-0.1, -0.05) is 32.9 Å². The number of amides is 2. The standard InChI is InChI=1S/C33H54N2O5Si/c1-22-31(41(3,4)26-15-13-25(39-2)14-16-26)29(18-20-36)40-33(22)27-7-5-6-8-28(27)35(32(33)38)21-23-9-11-24(12-10-23)34-19-17-30(34)37/h22-26,29,31,36H,5-21H2,1-4H3/t22-,23?,24?,25?,26?,29+,31-,33+/m1/s1. The van der Waals surface area contributed by atoms with Crippen molar-refractivity contribution in [3.8, 4) is 0 Å². The lowest BCUT2D eigenvalue weighted by atomic mass is 9.78. The third-order valence-electron chi connectivity index (χ3n) is 12.6. The Morgan fingerprint density at radius 1 is 1.00 bits per heavy atom. The van der Waals surface area contributed by atoms with Crippen molar-refractivity contribution in [3.05, 3.63) is 11.3 Å². The van der Waals surface area contributed by atoms with Crippen molar-refractivity contribution >= 4 is 19.9 Å². The summed E-state index contributed by atoms with van der Waals surface area (Å²) < 4.78 is 12.8. The van der Waals surface area contributed by atoms with Gasteiger partial charge in [-0.25, -0.2) is 0 Å². The quantitative estimate of drug-likeness (QED) is 0.294. The van der Waals surface area contributed by atoms with E-state index in [0.29, 0.717) is 47.9 Å². The van der Waals surface area contributed by atoms with Crippen molar-refractivity contribution in [2.75, 3.05) is 26.8 Å². The number of hydrogen-bond acceptors (Lipinski definition) is 5. The van der Waals surface area contributed by atoms with Crippen LogP contribution in [-0.4, -0.2) is 85.5 Å². The summed E-state index contributed by atoms with van der Waals surface area (Å²) >= 11 is 0. The first-order valence-corrected chi connectivity index (χ1v) is 20.0. The van der Waals surface area contributed by atoms with Gasteiger partial charge < -0.3 is 24.4 Å². The van der Waals surface area contributed by atoms with Gasteiger partial charge in [0.25, 0.3) is 5.91 Å². The number of nitrogens with zero attached hydrogens (tertiary/aromatic N) is 2. The number of carbonyl (C=O) groups is 2. The molecule has 3 heterocycles. The highest BCUT2D eigenvalue weighted by Gasteiger charge is 2.67. The summed E-state index contributed by atoms with van der Waals surface area (Å²) in [6, 6.07) is 0.405. The fraction of sp³-hybridized carbons (Fsp3) is 0.879. The van der Waals surface area contributed by atoms with Gasteiger partial charge in [0.15, 0.2) is 5.60 Å². The fourth-order valence-electron chi connectivity index (χ4n) is 10.2. The van der Waals surface area contributed by atoms with Gasteiger partial charge in [0, 0.05) is 50.9 Å². The lowest BCUT2D eigenvalue weighted by Crippen LogP contribution is -2.52. The Labute approximate surface area is 248 Å². The predicted octanol–water partition coefficient (Wildman–Crippen LogP) is 5.64. The van der Waals surface area contributed by atoms with Crippen molar-refractivity contribution in [3.63, 3.8) is 0 Å². The maximum Gasteiger partial charge on any atom is 0.263 e. The van der Waals surface area contributed by atoms with Gasteiger partial charge in [-0.05, 0) is 93.2 Å². The molecule has 3 aliphatic heterocycles. The highest BCUT2D eigenvalue weighted by molar-refractivity contribution is 6.80. The molecule has 6 aliphatic rings. The van der Waals surface area contributed by atoms with E-state index in [1.54, 1.807) is 0 Å². The predicted molar refractivity (Wildman–Crippen MR) is 162 cm³/mol. The van der Waals surface area contributed by atoms with E-state index in [-0.39, 0.29) is 24.5 Å². The van der Waals surface area contributed by atoms with Gasteiger partial charge in [-0.2, -0.15) is 0 Å². The van der Waals surface area contributed by atoms with E-state index in [1.807, 2.05) is 7.11 Å². The molecule has 3 aliphatic carbocycles. The summed E-state index contributed by atoms with van der Waals surface area (Å²) in [6.45, 7) is 9.26. The number of carbonyl (C=O) groups excluding carboxylic acids is 2. The summed E-state index contributed by atoms with van der Waals surface area (Å²) in [4.78, 5) is 31.0. The Kier molecular flexibility index (Phi) is 8.51. The van der Waals surface area contributed by atoms with E-state index in [0.717, 1.165) is 77.3 Å². The monoisotopic (exact) mass is 586 g/mol. The third kappa shape index (κ3) is 4.97. The van der Waals surface area contributed by atoms with Crippen LogP contribution in [0.25, 0.3) is 0 Å². The zero-order valence-corrected chi connectivity index (χ0v) is 27.0. The molecule has 2 saturated carbocycles. The number of likely N-dealkylation sites (tertiary alicyclic amines) is 1. The summed E-state index contributed by atoms with van der Waals surface area (Å²) in [7, 11) is -0.0182. The second-order valence-corrected chi connectivity index (χ2v) is 19.9. The molecule has 1 spiro atoms. The van der Waals surface area contributed by atoms with Gasteiger partial charge in [-0.3, -0.25) is 9.59 Å². The van der Waals surface area contributed by atoms with E-state index in [4.69, 9.17) is 9.47 Å². The van der Waals surface area contributed by atoms with E-state index in [2.05, 4.69) is 29.8 Å². The summed E-state index contributed by atoms with van der Waals surface area (Å²) in [5.41, 5.74) is 2.77. The molecule has 0 radical (unpaired) electrons. The molecule has 0 aromatic heterocycles. The topological polar surface area (TPSA) is 79.3 Å². The minimum atomic E-state index is -1.86. The van der Waals surface area contributed by atoms with Crippen molar-refractivity contribution in [1.82, 2.24) is 9.80 Å². The lowest BCUT2D eigenvalue weighted by molar-refractivity contribution is -0.150. The number of hydrogen-bond donors (Lipinski definition) is 1. The number of β-lactam (4-membered cyclic amide) rings is 1. The van der Waals surface area contributed by atoms with Crippen LogP contribution in [0.3, 0.4) is 0 Å². The van der Waals surface area contributed by atoms with Crippen LogP contribution >= 0.6 is 0 Å². The molecular formula is C33H54N2O5Si. The van der Waals surface area contributed by atoms with Crippen molar-refractivity contribution < 1.29 is 24.2 Å². The highest BCUT2D eigenvalue weighted by atomic mass is 28.3. The van der Waals surface area contributed by atoms with Crippen LogP contribution in [0.5, 0.6) is 0 Å². The Morgan fingerprint density at radius 3 is 2.32 bits per heavy atom. The van der Waals surface area contributed by atoms with Crippen LogP contribution in [0.2, 0.25) is 24.2 Å². The molecule has 0 aromatic carbocycles. The first kappa shape index (κ1) is 29.8. The maximum absolute atomic E-state index is 14.8. The number of fused-ring (bicyclic) bond motifs is 1. The van der Waals surface area contributed by atoms with E-state index in [9.17, 15) is 14.7 Å². The average Bonchev–Trinajstić information content (AvgIpc) is 3.40. The Hall–Kier alpha value is -1.22. The van der Waals surface area contributed by atoms with E-state index >= 15 is 0 Å². The zero-order valence-electron chi connectivity index (χ0n) is 26.0. The number of methoxy groups -OCH3 is 1. The van der Waals surface area contributed by atoms with Crippen molar-refractivity contribution in [2.45, 2.75) is 145 Å². The first-order valence-electron chi connectivity index (χ1n) is 16.9. The van der Waals surface area contributed by atoms with Crippen LogP contribution in [0, 0.1) is 11.8 Å². The molecule has 0 aromatic rings. The van der Waals surface area contributed by atoms with Gasteiger partial charge in [0.05, 0.1) is 20.3 Å². The highest BCUT2D eigenvalue weighted by Crippen LogP contribution is 2.61. The third-order valence-corrected chi connectivity index (χ3v) is 17.9. The number of ether oxygens (including phenoxy) is 2. The summed E-state index contributed by atoms with van der Waals surface area (Å²) in [5.74, 6) is 1.14. The average molecular weight is 587 g/mol. The van der Waals surface area contributed by atoms with Crippen LogP contribution in [0.4, 0.5) is 0 Å². The molecule has 2 amide bonds. The van der Waals surface area contributed by atoms with Crippen LogP contribution in [0.1, 0.15) is 96.8 Å². The molecule has 2 saturated heterocycles. The molecule has 8 heteroatoms. The smallest absolute Gasteiger partial charge is 0.263 e. The Bertz CT molecular complexity index is 1030. The summed E-state index contributed by atoms with van der Waals surface area (Å²) in [5, 5.41) is 10.2. The minimum Gasteiger partial charge on any atom is -0.396 e. The van der Waals surface area contributed by atoms with Crippen LogP contribution in [0.15, 0.2) is 11.3 Å². The number of aliphatic hydroxyl groups is 1. The van der Waals surface area contributed by atoms with Gasteiger partial charge in [0.1, 0.15) is 0 Å². The summed E-state index contributed by atoms with van der Waals surface area (Å²) in [6.07, 6.45) is 14.9. The minimum absolute atomic E-state index is 0.0547. The SMILES string of the molecule is COC1CCC([Si](C)(C)[C@H]2[C@H](CCO)O[C@@]3(C(=O)N(CC4CCC(N5CCC5=O)CC4)C4=C3CCCC4)[C@@H]2C)CC1. The van der Waals surface area contributed by atoms with E-state index < -0.39 is 13.7 Å². The largest absolute Gasteiger partial charge is 0.396 e. The number of allylic oxidation sites excluding steroid dienone is 1. The lowest BCUT2D eigenvalue weighted by Gasteiger charge is -2.45. The van der Waals surface area contributed by atoms with Crippen LogP contribution in [-0.2, 0) is 19.1 Å². The van der Waals surface area contributed by atoms with E-state index in [1.165, 1.54) is 24.1 Å². The first-order chi connectivity index (χ1) is 19.7. The molecule has 0 bridgehead atoms. The number of rotatable bonds is 8. The molecule has 4 atom stereocenters. The molecular weight excluding hydrogens is 532 g/mol. The van der Waals surface area contributed by atoms with Gasteiger partial charge >= 0.3 is 0 Å². The van der Waals surface area contributed by atoms with Gasteiger partial charge in [0.2, 0.25) is 5.91 Å². The molecule has 7 nitrogen and oxygen atoms in total. The maximum atomic E-state index is 14.8. The zero-order chi connectivity index (χ0) is 28.9. The Morgan fingerprint density at radius 2 is 1.71 bits per heavy atom. The molecule has 41 heavy (non-hydrogen) atoms. The molecule has 6 rings (SSSR count). The fourth-order valence-corrected chi connectivity index (χ4v) is 15.3. The molecule has 4 fully saturated rings. The molecule has 1 N–H and O–H groups in total. The number of aliphatic hydroxyl groups excluding tert-OH is 1. The molecule has 0 unspecified atom stereocenters. The molecule has 230 valence electrons. The normalized spacial score (nSPS) is 40.0. The Balaban J connectivity index is 1.23. The van der Waals surface area contributed by atoms with Crippen molar-refractivity contribution in [1.29, 1.82) is 0 Å². The second-order valence-electron chi connectivity index (χ2n) is 14.8. The van der Waals surface area contributed by atoms with Crippen molar-refractivity contribution in [2.24, 2.45) is 11.8 Å².